The lowest BCUT2D eigenvalue weighted by Gasteiger charge is -2.28. The van der Waals surface area contributed by atoms with Gasteiger partial charge in [-0.05, 0) is 18.1 Å². The topological polar surface area (TPSA) is 48.9 Å². The van der Waals surface area contributed by atoms with Crippen LogP contribution in [0, 0.1) is 0 Å². The molecule has 0 radical (unpaired) electrons. The highest BCUT2D eigenvalue weighted by Crippen LogP contribution is 2.25. The van der Waals surface area contributed by atoms with E-state index in [1.165, 1.54) is 39.9 Å². The van der Waals surface area contributed by atoms with Crippen molar-refractivity contribution >= 4 is 24.3 Å². The molecule has 2 aromatic heterocycles. The zero-order valence-corrected chi connectivity index (χ0v) is 13.2. The molecule has 2 aromatic rings. The van der Waals surface area contributed by atoms with Crippen LogP contribution >= 0.6 is 0 Å². The third-order valence-corrected chi connectivity index (χ3v) is 10.2. The average Bonchev–Trinajstić information content (AvgIpc) is 2.82. The number of fused-ring (bicyclic) bond motifs is 1. The highest BCUT2D eigenvalue weighted by molar-refractivity contribution is 6.91. The van der Waals surface area contributed by atoms with Gasteiger partial charge in [0, 0.05) is 35.2 Å². The first-order chi connectivity index (χ1) is 9.22. The fourth-order valence-electron chi connectivity index (χ4n) is 3.19. The van der Waals surface area contributed by atoms with E-state index in [4.69, 9.17) is 0 Å². The maximum atomic E-state index is 9.39. The molecule has 0 saturated carbocycles. The molecule has 0 saturated heterocycles. The second kappa shape index (κ2) is 5.88. The fourth-order valence-corrected chi connectivity index (χ4v) is 7.05. The summed E-state index contributed by atoms with van der Waals surface area (Å²) in [6.07, 6.45) is 4.49. The number of H-pyrrole nitrogens is 1. The Balaban J connectivity index is 2.67. The van der Waals surface area contributed by atoms with Crippen molar-refractivity contribution < 1.29 is 5.11 Å². The quantitative estimate of drug-likeness (QED) is 0.797. The van der Waals surface area contributed by atoms with E-state index >= 15 is 0 Å². The van der Waals surface area contributed by atoms with Crippen LogP contribution in [0.4, 0.5) is 0 Å². The molecule has 0 aromatic carbocycles. The fraction of sp³-hybridized carbons (Fsp3) is 0.533. The van der Waals surface area contributed by atoms with E-state index < -0.39 is 8.07 Å². The number of hydrogen-bond donors (Lipinski definition) is 2. The van der Waals surface area contributed by atoms with Crippen LogP contribution in [-0.2, 0) is 6.42 Å². The largest absolute Gasteiger partial charge is 0.396 e. The van der Waals surface area contributed by atoms with Crippen molar-refractivity contribution in [3.8, 4) is 0 Å². The zero-order chi connectivity index (χ0) is 13.9. The van der Waals surface area contributed by atoms with Gasteiger partial charge in [0.1, 0.15) is 8.07 Å². The van der Waals surface area contributed by atoms with Gasteiger partial charge in [-0.15, -0.1) is 0 Å². The number of aliphatic hydroxyl groups excluding tert-OH is 1. The molecule has 0 bridgehead atoms. The Hall–Kier alpha value is -1.13. The maximum Gasteiger partial charge on any atom is 0.107 e. The second-order valence-corrected chi connectivity index (χ2v) is 10.4. The maximum absolute atomic E-state index is 9.39. The van der Waals surface area contributed by atoms with E-state index in [0.29, 0.717) is 0 Å². The van der Waals surface area contributed by atoms with Gasteiger partial charge in [0.2, 0.25) is 0 Å². The van der Waals surface area contributed by atoms with E-state index in [-0.39, 0.29) is 6.61 Å². The third-order valence-electron chi connectivity index (χ3n) is 4.63. The lowest BCUT2D eigenvalue weighted by atomic mass is 10.2. The van der Waals surface area contributed by atoms with Crippen molar-refractivity contribution in [3.63, 3.8) is 0 Å². The Labute approximate surface area is 116 Å². The lowest BCUT2D eigenvalue weighted by Crippen LogP contribution is -2.48. The molecule has 0 spiro atoms. The van der Waals surface area contributed by atoms with Crippen LogP contribution in [0.1, 0.15) is 26.3 Å². The normalized spacial score (nSPS) is 12.2. The predicted octanol–water partition coefficient (Wildman–Crippen LogP) is 2.81. The molecule has 2 heterocycles. The van der Waals surface area contributed by atoms with Gasteiger partial charge in [-0.3, -0.25) is 4.98 Å². The minimum atomic E-state index is -1.45. The monoisotopic (exact) mass is 276 g/mol. The average molecular weight is 276 g/mol. The van der Waals surface area contributed by atoms with Crippen molar-refractivity contribution in [1.82, 2.24) is 9.97 Å². The van der Waals surface area contributed by atoms with Crippen molar-refractivity contribution in [2.75, 3.05) is 6.61 Å². The van der Waals surface area contributed by atoms with Crippen molar-refractivity contribution in [3.05, 3.63) is 24.0 Å². The number of rotatable bonds is 6. The molecule has 0 aliphatic rings. The summed E-state index contributed by atoms with van der Waals surface area (Å²) in [5.74, 6) is 0. The summed E-state index contributed by atoms with van der Waals surface area (Å²) in [5, 5.41) is 12.0. The van der Waals surface area contributed by atoms with Gasteiger partial charge < -0.3 is 10.1 Å². The van der Waals surface area contributed by atoms with E-state index in [2.05, 4.69) is 30.7 Å². The highest BCUT2D eigenvalue weighted by atomic mass is 28.3. The predicted molar refractivity (Wildman–Crippen MR) is 83.7 cm³/mol. The van der Waals surface area contributed by atoms with Crippen LogP contribution in [0.5, 0.6) is 0 Å². The van der Waals surface area contributed by atoms with Crippen LogP contribution < -0.4 is 5.32 Å². The van der Waals surface area contributed by atoms with Gasteiger partial charge in [0.25, 0.3) is 0 Å². The molecule has 104 valence electrons. The molecule has 2 N–H and O–H groups in total. The number of aromatic amines is 1. The third kappa shape index (κ3) is 2.35. The molecule has 0 amide bonds. The molecular weight excluding hydrogens is 252 g/mol. The van der Waals surface area contributed by atoms with Crippen LogP contribution in [0.15, 0.2) is 18.5 Å². The van der Waals surface area contributed by atoms with Gasteiger partial charge in [0.15, 0.2) is 0 Å². The van der Waals surface area contributed by atoms with Crippen molar-refractivity contribution in [1.29, 1.82) is 0 Å². The molecular formula is C15H24N2OSi. The number of aromatic nitrogens is 2. The second-order valence-electron chi connectivity index (χ2n) is 5.21. The first-order valence-corrected chi connectivity index (χ1v) is 9.90. The Morgan fingerprint density at radius 2 is 1.89 bits per heavy atom. The Kier molecular flexibility index (Phi) is 4.42. The van der Waals surface area contributed by atoms with Gasteiger partial charge in [-0.25, -0.2) is 0 Å². The number of aliphatic hydroxyl groups is 1. The van der Waals surface area contributed by atoms with Crippen LogP contribution in [0.2, 0.25) is 18.1 Å². The first-order valence-electron chi connectivity index (χ1n) is 7.28. The molecule has 0 aliphatic carbocycles. The van der Waals surface area contributed by atoms with Crippen LogP contribution in [-0.4, -0.2) is 29.8 Å². The van der Waals surface area contributed by atoms with E-state index in [0.717, 1.165) is 6.42 Å². The molecule has 3 nitrogen and oxygen atoms in total. The summed E-state index contributed by atoms with van der Waals surface area (Å²) in [5.41, 5.74) is 2.48. The van der Waals surface area contributed by atoms with Gasteiger partial charge in [0.05, 0.1) is 0 Å². The Morgan fingerprint density at radius 1 is 1.21 bits per heavy atom. The smallest absolute Gasteiger partial charge is 0.107 e. The van der Waals surface area contributed by atoms with Crippen molar-refractivity contribution in [2.45, 2.75) is 45.3 Å². The minimum absolute atomic E-state index is 0.205. The molecule has 19 heavy (non-hydrogen) atoms. The van der Waals surface area contributed by atoms with Gasteiger partial charge in [-0.2, -0.15) is 0 Å². The zero-order valence-electron chi connectivity index (χ0n) is 12.2. The summed E-state index contributed by atoms with van der Waals surface area (Å²) in [6.45, 7) is 7.14. The highest BCUT2D eigenvalue weighted by Gasteiger charge is 2.33. The molecule has 0 aliphatic heterocycles. The number of nitrogens with one attached hydrogen (secondary N) is 1. The SMILES string of the molecule is CC[Si](CC)(CC)c1[nH]c2ccncc2c1CCO. The standard InChI is InChI=1S/C15H24N2OSi/c1-4-19(5-2,6-3)15-12(8-10-18)13-11-16-9-7-14(13)17-15/h7,9,11,17-18H,4-6,8,10H2,1-3H3. The summed E-state index contributed by atoms with van der Waals surface area (Å²) >= 11 is 0. The van der Waals surface area contributed by atoms with Crippen molar-refractivity contribution in [2.24, 2.45) is 0 Å². The summed E-state index contributed by atoms with van der Waals surface area (Å²) in [4.78, 5) is 7.90. The summed E-state index contributed by atoms with van der Waals surface area (Å²) in [7, 11) is -1.45. The van der Waals surface area contributed by atoms with E-state index in [1.54, 1.807) is 0 Å². The Morgan fingerprint density at radius 3 is 2.47 bits per heavy atom. The van der Waals surface area contributed by atoms with Crippen LogP contribution in [0.25, 0.3) is 10.9 Å². The summed E-state index contributed by atoms with van der Waals surface area (Å²) < 4.78 is 0. The van der Waals surface area contributed by atoms with Gasteiger partial charge in [-0.1, -0.05) is 38.9 Å². The Bertz CT molecular complexity index is 538. The molecule has 0 fully saturated rings. The molecule has 2 rings (SSSR count). The summed E-state index contributed by atoms with van der Waals surface area (Å²) in [6, 6.07) is 5.79. The lowest BCUT2D eigenvalue weighted by molar-refractivity contribution is 0.300. The molecule has 0 atom stereocenters. The number of pyridine rings is 1. The number of hydrogen-bond acceptors (Lipinski definition) is 2. The van der Waals surface area contributed by atoms with E-state index in [9.17, 15) is 5.11 Å². The molecule has 0 unspecified atom stereocenters. The molecule has 4 heteroatoms. The van der Waals surface area contributed by atoms with E-state index in [1.807, 2.05) is 18.5 Å². The first kappa shape index (κ1) is 14.3. The number of nitrogens with zero attached hydrogens (tertiary/aromatic N) is 1. The van der Waals surface area contributed by atoms with Crippen LogP contribution in [0.3, 0.4) is 0 Å². The minimum Gasteiger partial charge on any atom is -0.396 e. The van der Waals surface area contributed by atoms with Gasteiger partial charge >= 0.3 is 0 Å².